The molecule has 47 heavy (non-hydrogen) atoms. The first kappa shape index (κ1) is 28.3. The number of benzene rings is 5. The number of rotatable bonds is 4. The molecule has 0 N–H and O–H groups in total. The molecule has 214 valence electrons. The third-order valence-electron chi connectivity index (χ3n) is 8.19. The minimum absolute atomic E-state index is 0.396. The van der Waals surface area contributed by atoms with E-state index in [9.17, 15) is 26.3 Å². The molecule has 5 aromatic carbocycles. The van der Waals surface area contributed by atoms with E-state index in [4.69, 9.17) is 0 Å². The third kappa shape index (κ3) is 4.98. The van der Waals surface area contributed by atoms with E-state index in [2.05, 4.69) is 39.9 Å². The van der Waals surface area contributed by atoms with Gasteiger partial charge in [0.15, 0.2) is 0 Å². The highest BCUT2D eigenvalue weighted by Crippen LogP contribution is 2.38. The fourth-order valence-electron chi connectivity index (χ4n) is 6.05. The van der Waals surface area contributed by atoms with Crippen LogP contribution in [0, 0.1) is 56.7 Å². The van der Waals surface area contributed by atoms with Crippen LogP contribution in [0.15, 0.2) is 116 Å². The molecule has 0 bridgehead atoms. The van der Waals surface area contributed by atoms with Crippen LogP contribution in [-0.2, 0) is 0 Å². The average Bonchev–Trinajstić information content (AvgIpc) is 3.47. The number of fused-ring (bicyclic) bond motifs is 3. The Labute approximate surface area is 269 Å². The maximum Gasteiger partial charge on any atom is 0.0998 e. The number of nitrogens with zero attached hydrogens (tertiary/aromatic N) is 7. The summed E-state index contributed by atoms with van der Waals surface area (Å²) in [4.78, 5) is 4.10. The highest BCUT2D eigenvalue weighted by Gasteiger charge is 2.17. The van der Waals surface area contributed by atoms with Gasteiger partial charge in [-0.2, -0.15) is 26.3 Å². The molecule has 0 aliphatic rings. The van der Waals surface area contributed by atoms with Crippen molar-refractivity contribution in [3.8, 4) is 69.4 Å². The maximum atomic E-state index is 10.2. The molecular weight excluding hydrogens is 578 g/mol. The van der Waals surface area contributed by atoms with E-state index < -0.39 is 0 Å². The van der Waals surface area contributed by atoms with Gasteiger partial charge in [0.1, 0.15) is 0 Å². The number of pyridine rings is 1. The first-order valence-corrected chi connectivity index (χ1v) is 14.5. The molecule has 0 aliphatic heterocycles. The molecule has 7 rings (SSSR count). The van der Waals surface area contributed by atoms with Gasteiger partial charge in [-0.25, -0.2) is 0 Å². The van der Waals surface area contributed by atoms with Crippen molar-refractivity contribution < 1.29 is 0 Å². The first-order valence-electron chi connectivity index (χ1n) is 14.5. The molecule has 7 nitrogen and oxygen atoms in total. The molecule has 0 fully saturated rings. The van der Waals surface area contributed by atoms with Crippen LogP contribution in [0.4, 0.5) is 0 Å². The normalized spacial score (nSPS) is 10.4. The van der Waals surface area contributed by atoms with Crippen molar-refractivity contribution in [2.45, 2.75) is 0 Å². The molecule has 0 amide bonds. The molecule has 0 aliphatic carbocycles. The van der Waals surface area contributed by atoms with E-state index in [1.165, 1.54) is 0 Å². The molecule has 0 saturated heterocycles. The fourth-order valence-corrected chi connectivity index (χ4v) is 6.05. The van der Waals surface area contributed by atoms with E-state index in [-0.39, 0.29) is 0 Å². The Kier molecular flexibility index (Phi) is 6.94. The van der Waals surface area contributed by atoms with Crippen LogP contribution in [-0.4, -0.2) is 9.55 Å². The van der Waals surface area contributed by atoms with Crippen molar-refractivity contribution in [1.82, 2.24) is 9.55 Å². The van der Waals surface area contributed by atoms with Crippen molar-refractivity contribution in [1.29, 1.82) is 26.3 Å². The third-order valence-corrected chi connectivity index (χ3v) is 8.19. The lowest BCUT2D eigenvalue weighted by Gasteiger charge is -2.12. The molecule has 0 radical (unpaired) electrons. The van der Waals surface area contributed by atoms with Crippen LogP contribution in [0.3, 0.4) is 0 Å². The Bertz CT molecular complexity index is 2430. The van der Waals surface area contributed by atoms with Crippen molar-refractivity contribution in [3.05, 3.63) is 143 Å². The quantitative estimate of drug-likeness (QED) is 0.199. The van der Waals surface area contributed by atoms with Crippen LogP contribution < -0.4 is 0 Å². The smallest absolute Gasteiger partial charge is 0.0998 e. The summed E-state index contributed by atoms with van der Waals surface area (Å²) in [7, 11) is 0. The van der Waals surface area contributed by atoms with Gasteiger partial charge in [0.05, 0.1) is 69.2 Å². The van der Waals surface area contributed by atoms with Gasteiger partial charge in [-0.3, -0.25) is 4.98 Å². The summed E-state index contributed by atoms with van der Waals surface area (Å²) in [6.07, 6.45) is 3.40. The van der Waals surface area contributed by atoms with Gasteiger partial charge in [0.25, 0.3) is 0 Å². The zero-order valence-corrected chi connectivity index (χ0v) is 24.6. The van der Waals surface area contributed by atoms with E-state index in [1.807, 2.05) is 66.7 Å². The van der Waals surface area contributed by atoms with Crippen LogP contribution in [0.1, 0.15) is 27.8 Å². The summed E-state index contributed by atoms with van der Waals surface area (Å²) >= 11 is 0. The number of nitriles is 5. The summed E-state index contributed by atoms with van der Waals surface area (Å²) in [5.41, 5.74) is 9.54. The predicted octanol–water partition coefficient (Wildman–Crippen LogP) is 8.54. The van der Waals surface area contributed by atoms with Crippen molar-refractivity contribution in [2.75, 3.05) is 0 Å². The molecule has 0 atom stereocenters. The second-order valence-corrected chi connectivity index (χ2v) is 10.9. The van der Waals surface area contributed by atoms with E-state index in [0.717, 1.165) is 60.9 Å². The van der Waals surface area contributed by atoms with Gasteiger partial charge in [0, 0.05) is 28.9 Å². The topological polar surface area (TPSA) is 137 Å². The van der Waals surface area contributed by atoms with Crippen molar-refractivity contribution in [3.63, 3.8) is 0 Å². The van der Waals surface area contributed by atoms with Gasteiger partial charge >= 0.3 is 0 Å². The fraction of sp³-hybridized carbons (Fsp3) is 0. The Balaban J connectivity index is 1.50. The lowest BCUT2D eigenvalue weighted by Crippen LogP contribution is -1.96. The monoisotopic (exact) mass is 597 g/mol. The molecule has 2 aromatic heterocycles. The van der Waals surface area contributed by atoms with Crippen LogP contribution in [0.25, 0.3) is 60.9 Å². The SMILES string of the molecule is N#Cc1cc(C#N)cc(-c2ccc3c(c2)c2cc(-c4cc(C#N)cc(C#N)c4)ccc2n3-c2ccc(-c3ccncc3)c(C#N)c2)c1. The van der Waals surface area contributed by atoms with Crippen LogP contribution >= 0.6 is 0 Å². The Morgan fingerprint density at radius 2 is 0.915 bits per heavy atom. The summed E-state index contributed by atoms with van der Waals surface area (Å²) in [5.74, 6) is 0. The number of hydrogen-bond donors (Lipinski definition) is 0. The van der Waals surface area contributed by atoms with Crippen LogP contribution in [0.5, 0.6) is 0 Å². The second kappa shape index (κ2) is 11.5. The average molecular weight is 598 g/mol. The molecule has 2 heterocycles. The van der Waals surface area contributed by atoms with Gasteiger partial charge < -0.3 is 4.57 Å². The summed E-state index contributed by atoms with van der Waals surface area (Å²) in [6, 6.07) is 42.7. The van der Waals surface area contributed by atoms with Crippen molar-refractivity contribution >= 4 is 21.8 Å². The van der Waals surface area contributed by atoms with Crippen molar-refractivity contribution in [2.24, 2.45) is 0 Å². The minimum Gasteiger partial charge on any atom is -0.309 e. The summed E-state index contributed by atoms with van der Waals surface area (Å²) in [6.45, 7) is 0. The standard InChI is InChI=1S/C40H19N7/c41-20-25-11-26(21-42)14-32(13-25)30-1-5-39-37(18-30)38-19-31(33-15-27(22-43)12-28(16-33)23-44)2-6-40(38)47(39)35-3-4-36(34(17-35)24-45)29-7-9-46-10-8-29/h1-19H. The summed E-state index contributed by atoms with van der Waals surface area (Å²) in [5, 5.41) is 50.3. The summed E-state index contributed by atoms with van der Waals surface area (Å²) < 4.78 is 2.11. The van der Waals surface area contributed by atoms with Gasteiger partial charge in [-0.1, -0.05) is 18.2 Å². The van der Waals surface area contributed by atoms with Crippen LogP contribution in [0.2, 0.25) is 0 Å². The Morgan fingerprint density at radius 1 is 0.426 bits per heavy atom. The zero-order chi connectivity index (χ0) is 32.5. The molecule has 7 heteroatoms. The largest absolute Gasteiger partial charge is 0.309 e. The van der Waals surface area contributed by atoms with Gasteiger partial charge in [-0.15, -0.1) is 0 Å². The van der Waals surface area contributed by atoms with E-state index in [0.29, 0.717) is 27.8 Å². The highest BCUT2D eigenvalue weighted by molar-refractivity contribution is 6.11. The second-order valence-electron chi connectivity index (χ2n) is 10.9. The molecule has 0 saturated carbocycles. The Morgan fingerprint density at radius 3 is 1.36 bits per heavy atom. The van der Waals surface area contributed by atoms with Gasteiger partial charge in [0.2, 0.25) is 0 Å². The zero-order valence-electron chi connectivity index (χ0n) is 24.6. The number of hydrogen-bond acceptors (Lipinski definition) is 6. The molecule has 7 aromatic rings. The van der Waals surface area contributed by atoms with E-state index >= 15 is 0 Å². The molecular formula is C40H19N7. The van der Waals surface area contributed by atoms with Gasteiger partial charge in [-0.05, 0) is 118 Å². The number of aromatic nitrogens is 2. The molecule has 0 spiro atoms. The minimum atomic E-state index is 0.396. The first-order chi connectivity index (χ1) is 23.0. The Hall–Kier alpha value is -7.50. The lowest BCUT2D eigenvalue weighted by atomic mass is 9.97. The highest BCUT2D eigenvalue weighted by atomic mass is 15.0. The lowest BCUT2D eigenvalue weighted by molar-refractivity contribution is 1.18. The maximum absolute atomic E-state index is 10.2. The molecule has 0 unspecified atom stereocenters. The predicted molar refractivity (Wildman–Crippen MR) is 178 cm³/mol. The van der Waals surface area contributed by atoms with E-state index in [1.54, 1.807) is 48.8 Å².